The summed E-state index contributed by atoms with van der Waals surface area (Å²) >= 11 is 0. The number of rotatable bonds is 12. The van der Waals surface area contributed by atoms with Crippen molar-refractivity contribution in [2.24, 2.45) is 5.92 Å². The van der Waals surface area contributed by atoms with Gasteiger partial charge in [0.25, 0.3) is 0 Å². The summed E-state index contributed by atoms with van der Waals surface area (Å²) in [4.78, 5) is 0. The number of nitrogens with one attached hydrogen (secondary N) is 1. The molecule has 7 nitrogen and oxygen atoms in total. The van der Waals surface area contributed by atoms with Gasteiger partial charge in [0.05, 0.1) is 13.2 Å². The van der Waals surface area contributed by atoms with Gasteiger partial charge in [-0.1, -0.05) is 26.8 Å². The summed E-state index contributed by atoms with van der Waals surface area (Å²) in [7, 11) is 0. The van der Waals surface area contributed by atoms with Crippen molar-refractivity contribution in [2.75, 3.05) is 13.2 Å². The number of hydrogen-bond donors (Lipinski definition) is 2. The number of aryl methyl sites for hydroxylation is 1. The van der Waals surface area contributed by atoms with Crippen LogP contribution in [-0.2, 0) is 12.8 Å². The van der Waals surface area contributed by atoms with E-state index in [9.17, 15) is 5.11 Å². The standard InChI is InChI=1S/C24H32N4O3/c1-4-21-22(14-11-18(23(21)29)8-7-17(2)3)31-16-6-5-15-30-20-12-9-19(10-13-20)24-25-27-28-26-24/h9-14,17,29H,4-8,15-16H2,1-3H3,(H,25,26,27,28). The molecule has 0 aliphatic rings. The zero-order valence-electron chi connectivity index (χ0n) is 18.6. The SMILES string of the molecule is CCc1c(OCCCCOc2ccc(-c3nn[nH]n3)cc2)ccc(CCC(C)C)c1O. The predicted molar refractivity (Wildman–Crippen MR) is 120 cm³/mol. The van der Waals surface area contributed by atoms with Crippen LogP contribution in [0.15, 0.2) is 36.4 Å². The first kappa shape index (κ1) is 22.6. The van der Waals surface area contributed by atoms with Gasteiger partial charge in [0.15, 0.2) is 0 Å². The fraction of sp³-hybridized carbons (Fsp3) is 0.458. The van der Waals surface area contributed by atoms with E-state index >= 15 is 0 Å². The largest absolute Gasteiger partial charge is 0.507 e. The Bertz CT molecular complexity index is 925. The molecule has 0 aliphatic heterocycles. The lowest BCUT2D eigenvalue weighted by atomic mass is 9.98. The Hall–Kier alpha value is -3.09. The van der Waals surface area contributed by atoms with E-state index < -0.39 is 0 Å². The Balaban J connectivity index is 1.41. The van der Waals surface area contributed by atoms with Crippen molar-refractivity contribution >= 4 is 0 Å². The molecule has 2 aromatic carbocycles. The normalized spacial score (nSPS) is 11.1. The average Bonchev–Trinajstić information content (AvgIpc) is 3.31. The van der Waals surface area contributed by atoms with Gasteiger partial charge in [-0.2, -0.15) is 5.21 Å². The molecule has 3 rings (SSSR count). The number of nitrogens with zero attached hydrogens (tertiary/aromatic N) is 3. The van der Waals surface area contributed by atoms with E-state index in [-0.39, 0.29) is 0 Å². The highest BCUT2D eigenvalue weighted by Gasteiger charge is 2.13. The maximum atomic E-state index is 10.6. The molecule has 0 radical (unpaired) electrons. The Kier molecular flexibility index (Phi) is 8.27. The zero-order valence-corrected chi connectivity index (χ0v) is 18.6. The molecule has 0 aliphatic carbocycles. The molecule has 1 aromatic heterocycles. The lowest BCUT2D eigenvalue weighted by Crippen LogP contribution is -2.04. The summed E-state index contributed by atoms with van der Waals surface area (Å²) in [5, 5.41) is 24.5. The Morgan fingerprint density at radius 2 is 1.74 bits per heavy atom. The Labute approximate surface area is 183 Å². The lowest BCUT2D eigenvalue weighted by molar-refractivity contribution is 0.264. The number of benzene rings is 2. The molecule has 3 aromatic rings. The maximum absolute atomic E-state index is 10.6. The highest BCUT2D eigenvalue weighted by atomic mass is 16.5. The molecule has 0 amide bonds. The fourth-order valence-corrected chi connectivity index (χ4v) is 3.35. The first-order valence-corrected chi connectivity index (χ1v) is 11.0. The van der Waals surface area contributed by atoms with Gasteiger partial charge in [0.1, 0.15) is 17.2 Å². The molecule has 0 spiro atoms. The van der Waals surface area contributed by atoms with Gasteiger partial charge < -0.3 is 14.6 Å². The van der Waals surface area contributed by atoms with Crippen molar-refractivity contribution in [3.63, 3.8) is 0 Å². The van der Waals surface area contributed by atoms with Gasteiger partial charge in [0.2, 0.25) is 5.82 Å². The molecule has 2 N–H and O–H groups in total. The van der Waals surface area contributed by atoms with Crippen LogP contribution in [0.4, 0.5) is 0 Å². The van der Waals surface area contributed by atoms with Crippen LogP contribution in [0.25, 0.3) is 11.4 Å². The number of H-pyrrole nitrogens is 1. The molecular weight excluding hydrogens is 392 g/mol. The number of phenols is 1. The maximum Gasteiger partial charge on any atom is 0.204 e. The minimum absolute atomic E-state index is 0.397. The van der Waals surface area contributed by atoms with Gasteiger partial charge in [-0.3, -0.25) is 0 Å². The Morgan fingerprint density at radius 3 is 2.39 bits per heavy atom. The van der Waals surface area contributed by atoms with Crippen LogP contribution in [-0.4, -0.2) is 38.9 Å². The van der Waals surface area contributed by atoms with Crippen LogP contribution >= 0.6 is 0 Å². The smallest absolute Gasteiger partial charge is 0.204 e. The summed E-state index contributed by atoms with van der Waals surface area (Å²) in [5.41, 5.74) is 2.80. The van der Waals surface area contributed by atoms with E-state index in [4.69, 9.17) is 9.47 Å². The van der Waals surface area contributed by atoms with Gasteiger partial charge in [0, 0.05) is 11.1 Å². The third-order valence-corrected chi connectivity index (χ3v) is 5.19. The first-order chi connectivity index (χ1) is 15.1. The summed E-state index contributed by atoms with van der Waals surface area (Å²) in [6, 6.07) is 11.6. The molecule has 0 bridgehead atoms. The first-order valence-electron chi connectivity index (χ1n) is 11.0. The molecule has 1 heterocycles. The number of phenolic OH excluding ortho intramolecular Hbond substituents is 1. The third kappa shape index (κ3) is 6.44. The van der Waals surface area contributed by atoms with Crippen LogP contribution in [0.2, 0.25) is 0 Å². The van der Waals surface area contributed by atoms with Crippen LogP contribution in [0, 0.1) is 5.92 Å². The summed E-state index contributed by atoms with van der Waals surface area (Å²) in [5.74, 6) is 3.17. The van der Waals surface area contributed by atoms with E-state index in [1.165, 1.54) is 0 Å². The monoisotopic (exact) mass is 424 g/mol. The quantitative estimate of drug-likeness (QED) is 0.399. The van der Waals surface area contributed by atoms with Crippen LogP contribution in [0.3, 0.4) is 0 Å². The molecule has 0 saturated heterocycles. The van der Waals surface area contributed by atoms with Crippen LogP contribution in [0.1, 0.15) is 51.2 Å². The number of hydrogen-bond acceptors (Lipinski definition) is 6. The summed E-state index contributed by atoms with van der Waals surface area (Å²) < 4.78 is 11.8. The summed E-state index contributed by atoms with van der Waals surface area (Å²) in [6.45, 7) is 7.66. The van der Waals surface area contributed by atoms with Gasteiger partial charge in [-0.05, 0) is 79.1 Å². The van der Waals surface area contributed by atoms with E-state index in [0.717, 1.165) is 60.3 Å². The highest BCUT2D eigenvalue weighted by Crippen LogP contribution is 2.33. The fourth-order valence-electron chi connectivity index (χ4n) is 3.35. The van der Waals surface area contributed by atoms with Crippen LogP contribution in [0.5, 0.6) is 17.2 Å². The Morgan fingerprint density at radius 1 is 1.00 bits per heavy atom. The highest BCUT2D eigenvalue weighted by molar-refractivity contribution is 5.55. The van der Waals surface area contributed by atoms with Crippen molar-refractivity contribution < 1.29 is 14.6 Å². The van der Waals surface area contributed by atoms with Crippen LogP contribution < -0.4 is 9.47 Å². The average molecular weight is 425 g/mol. The second-order valence-corrected chi connectivity index (χ2v) is 8.00. The van der Waals surface area contributed by atoms with Gasteiger partial charge in [-0.25, -0.2) is 0 Å². The summed E-state index contributed by atoms with van der Waals surface area (Å²) in [6.07, 6.45) is 4.47. The minimum atomic E-state index is 0.397. The van der Waals surface area contributed by atoms with Crippen molar-refractivity contribution in [1.29, 1.82) is 0 Å². The second kappa shape index (κ2) is 11.3. The zero-order chi connectivity index (χ0) is 22.1. The van der Waals surface area contributed by atoms with E-state index in [1.54, 1.807) is 0 Å². The molecule has 0 unspecified atom stereocenters. The van der Waals surface area contributed by atoms with E-state index in [1.807, 2.05) is 43.3 Å². The van der Waals surface area contributed by atoms with Crippen molar-refractivity contribution in [3.05, 3.63) is 47.5 Å². The molecular formula is C24H32N4O3. The van der Waals surface area contributed by atoms with Crippen molar-refractivity contribution in [2.45, 2.75) is 52.9 Å². The van der Waals surface area contributed by atoms with Gasteiger partial charge >= 0.3 is 0 Å². The third-order valence-electron chi connectivity index (χ3n) is 5.19. The number of ether oxygens (including phenoxy) is 2. The topological polar surface area (TPSA) is 93.2 Å². The number of aromatic hydroxyl groups is 1. The minimum Gasteiger partial charge on any atom is -0.507 e. The number of tetrazole rings is 1. The molecule has 0 fully saturated rings. The number of aromatic amines is 1. The molecule has 166 valence electrons. The second-order valence-electron chi connectivity index (χ2n) is 8.00. The molecule has 31 heavy (non-hydrogen) atoms. The molecule has 0 saturated carbocycles. The van der Waals surface area contributed by atoms with Gasteiger partial charge in [-0.15, -0.1) is 10.2 Å². The number of unbranched alkanes of at least 4 members (excludes halogenated alkanes) is 1. The molecule has 0 atom stereocenters. The van der Waals surface area contributed by atoms with Crippen molar-refractivity contribution in [3.8, 4) is 28.6 Å². The lowest BCUT2D eigenvalue weighted by Gasteiger charge is -2.15. The van der Waals surface area contributed by atoms with E-state index in [0.29, 0.717) is 30.7 Å². The number of aromatic nitrogens is 4. The van der Waals surface area contributed by atoms with Crippen molar-refractivity contribution in [1.82, 2.24) is 20.6 Å². The van der Waals surface area contributed by atoms with E-state index in [2.05, 4.69) is 34.5 Å². The molecule has 7 heteroatoms. The predicted octanol–water partition coefficient (Wildman–Crippen LogP) is 4.96.